The van der Waals surface area contributed by atoms with Gasteiger partial charge in [0.15, 0.2) is 0 Å². The third-order valence-electron chi connectivity index (χ3n) is 3.29. The number of nitrogens with two attached hydrogens (primary N) is 1. The van der Waals surface area contributed by atoms with E-state index in [0.29, 0.717) is 0 Å². The Kier molecular flexibility index (Phi) is 4.72. The van der Waals surface area contributed by atoms with Crippen LogP contribution in [0.5, 0.6) is 0 Å². The number of nitrogens with one attached hydrogen (secondary N) is 1. The normalized spacial score (nSPS) is 17.5. The Balaban J connectivity index is 2.06. The molecule has 0 atom stereocenters. The molecule has 7 nitrogen and oxygen atoms in total. The SMILES string of the molecule is CC(C)(N)CN1CCCn2nc(CNS(C)(=O)=O)cc2C1. The molecule has 8 heteroatoms. The minimum atomic E-state index is -3.19. The first-order chi connectivity index (χ1) is 9.62. The van der Waals surface area contributed by atoms with Crippen molar-refractivity contribution >= 4 is 10.0 Å². The lowest BCUT2D eigenvalue weighted by atomic mass is 10.1. The van der Waals surface area contributed by atoms with E-state index in [1.165, 1.54) is 0 Å². The fourth-order valence-corrected chi connectivity index (χ4v) is 3.00. The van der Waals surface area contributed by atoms with Crippen LogP contribution in [0.4, 0.5) is 0 Å². The quantitative estimate of drug-likeness (QED) is 0.790. The molecule has 1 aromatic rings. The van der Waals surface area contributed by atoms with Crippen LogP contribution in [0.25, 0.3) is 0 Å². The Bertz CT molecular complexity index is 588. The minimum absolute atomic E-state index is 0.226. The molecule has 0 spiro atoms. The first kappa shape index (κ1) is 16.4. The van der Waals surface area contributed by atoms with Crippen LogP contribution < -0.4 is 10.5 Å². The molecule has 21 heavy (non-hydrogen) atoms. The predicted octanol–water partition coefficient (Wildman–Crippen LogP) is -0.125. The van der Waals surface area contributed by atoms with Crippen LogP contribution in [-0.2, 0) is 29.7 Å². The van der Waals surface area contributed by atoms with Gasteiger partial charge in [0.25, 0.3) is 0 Å². The summed E-state index contributed by atoms with van der Waals surface area (Å²) >= 11 is 0. The van der Waals surface area contributed by atoms with Crippen molar-refractivity contribution in [3.05, 3.63) is 17.5 Å². The third kappa shape index (κ3) is 5.39. The molecule has 3 N–H and O–H groups in total. The highest BCUT2D eigenvalue weighted by molar-refractivity contribution is 7.88. The fraction of sp³-hybridized carbons (Fsp3) is 0.769. The average Bonchev–Trinajstić information content (AvgIpc) is 2.57. The van der Waals surface area contributed by atoms with E-state index in [-0.39, 0.29) is 12.1 Å². The number of aryl methyl sites for hydroxylation is 1. The largest absolute Gasteiger partial charge is 0.324 e. The molecule has 0 saturated heterocycles. The van der Waals surface area contributed by atoms with Crippen molar-refractivity contribution in [3.63, 3.8) is 0 Å². The van der Waals surface area contributed by atoms with Crippen molar-refractivity contribution < 1.29 is 8.42 Å². The summed E-state index contributed by atoms with van der Waals surface area (Å²) in [5, 5.41) is 4.48. The number of hydrogen-bond donors (Lipinski definition) is 2. The van der Waals surface area contributed by atoms with Gasteiger partial charge in [-0.3, -0.25) is 9.58 Å². The zero-order chi connectivity index (χ0) is 15.7. The summed E-state index contributed by atoms with van der Waals surface area (Å²) in [5.74, 6) is 0. The molecule has 0 radical (unpaired) electrons. The highest BCUT2D eigenvalue weighted by Crippen LogP contribution is 2.15. The van der Waals surface area contributed by atoms with Crippen molar-refractivity contribution in [3.8, 4) is 0 Å². The number of rotatable bonds is 5. The molecule has 1 aliphatic rings. The summed E-state index contributed by atoms with van der Waals surface area (Å²) < 4.78 is 26.7. The van der Waals surface area contributed by atoms with E-state index < -0.39 is 10.0 Å². The van der Waals surface area contributed by atoms with Crippen LogP contribution >= 0.6 is 0 Å². The smallest absolute Gasteiger partial charge is 0.209 e. The van der Waals surface area contributed by atoms with Gasteiger partial charge in [-0.1, -0.05) is 0 Å². The van der Waals surface area contributed by atoms with Crippen LogP contribution in [0.2, 0.25) is 0 Å². The van der Waals surface area contributed by atoms with E-state index in [0.717, 1.165) is 50.2 Å². The Morgan fingerprint density at radius 3 is 2.76 bits per heavy atom. The predicted molar refractivity (Wildman–Crippen MR) is 82.1 cm³/mol. The maximum atomic E-state index is 11.1. The second kappa shape index (κ2) is 6.04. The number of fused-ring (bicyclic) bond motifs is 1. The standard InChI is InChI=1S/C13H25N5O2S/c1-13(2,14)10-17-5-4-6-18-12(9-17)7-11(16-18)8-15-21(3,19)20/h7,15H,4-6,8-10,14H2,1-3H3. The molecule has 0 amide bonds. The van der Waals surface area contributed by atoms with Gasteiger partial charge in [0.05, 0.1) is 24.2 Å². The Morgan fingerprint density at radius 2 is 2.14 bits per heavy atom. The molecule has 0 aliphatic carbocycles. The van der Waals surface area contributed by atoms with Crippen molar-refractivity contribution in [1.29, 1.82) is 0 Å². The Labute approximate surface area is 126 Å². The van der Waals surface area contributed by atoms with Crippen LogP contribution in [0.15, 0.2) is 6.07 Å². The summed E-state index contributed by atoms with van der Waals surface area (Å²) in [7, 11) is -3.19. The van der Waals surface area contributed by atoms with Gasteiger partial charge in [-0.15, -0.1) is 0 Å². The van der Waals surface area contributed by atoms with Gasteiger partial charge < -0.3 is 5.73 Å². The summed E-state index contributed by atoms with van der Waals surface area (Å²) in [6, 6.07) is 1.97. The van der Waals surface area contributed by atoms with E-state index in [4.69, 9.17) is 5.73 Å². The zero-order valence-electron chi connectivity index (χ0n) is 13.0. The van der Waals surface area contributed by atoms with E-state index in [1.54, 1.807) is 0 Å². The zero-order valence-corrected chi connectivity index (χ0v) is 13.8. The van der Waals surface area contributed by atoms with Crippen LogP contribution in [0.1, 0.15) is 31.7 Å². The lowest BCUT2D eigenvalue weighted by Crippen LogP contribution is -2.45. The van der Waals surface area contributed by atoms with E-state index in [2.05, 4.69) is 14.7 Å². The van der Waals surface area contributed by atoms with Gasteiger partial charge in [0, 0.05) is 31.7 Å². The Hall–Kier alpha value is -0.960. The minimum Gasteiger partial charge on any atom is -0.324 e. The number of sulfonamides is 1. The molecule has 2 rings (SSSR count). The molecule has 0 saturated carbocycles. The maximum absolute atomic E-state index is 11.1. The van der Waals surface area contributed by atoms with E-state index in [1.807, 2.05) is 24.6 Å². The molecule has 1 aliphatic heterocycles. The summed E-state index contributed by atoms with van der Waals surface area (Å²) in [6.07, 6.45) is 2.17. The third-order valence-corrected chi connectivity index (χ3v) is 3.96. The molecular weight excluding hydrogens is 290 g/mol. The highest BCUT2D eigenvalue weighted by Gasteiger charge is 2.21. The summed E-state index contributed by atoms with van der Waals surface area (Å²) in [5.41, 5.74) is 7.74. The molecule has 0 fully saturated rings. The number of aromatic nitrogens is 2. The van der Waals surface area contributed by atoms with Gasteiger partial charge in [-0.25, -0.2) is 13.1 Å². The van der Waals surface area contributed by atoms with Crippen LogP contribution in [0.3, 0.4) is 0 Å². The first-order valence-corrected chi connectivity index (χ1v) is 9.03. The lowest BCUT2D eigenvalue weighted by molar-refractivity contribution is 0.221. The summed E-state index contributed by atoms with van der Waals surface area (Å²) in [6.45, 7) is 7.77. The molecule has 2 heterocycles. The molecule has 0 bridgehead atoms. The molecular formula is C13H25N5O2S. The molecule has 0 aromatic carbocycles. The monoisotopic (exact) mass is 315 g/mol. The van der Waals surface area contributed by atoms with Gasteiger partial charge in [0.2, 0.25) is 10.0 Å². The first-order valence-electron chi connectivity index (χ1n) is 7.14. The Morgan fingerprint density at radius 1 is 1.43 bits per heavy atom. The second-order valence-electron chi connectivity index (χ2n) is 6.50. The van der Waals surface area contributed by atoms with Crippen molar-refractivity contribution in [2.75, 3.05) is 19.3 Å². The van der Waals surface area contributed by atoms with Crippen molar-refractivity contribution in [1.82, 2.24) is 19.4 Å². The fourth-order valence-electron chi connectivity index (χ4n) is 2.59. The van der Waals surface area contributed by atoms with Gasteiger partial charge >= 0.3 is 0 Å². The van der Waals surface area contributed by atoms with E-state index >= 15 is 0 Å². The number of nitrogens with zero attached hydrogens (tertiary/aromatic N) is 3. The summed E-state index contributed by atoms with van der Waals surface area (Å²) in [4.78, 5) is 2.33. The van der Waals surface area contributed by atoms with Crippen molar-refractivity contribution in [2.45, 2.75) is 45.4 Å². The highest BCUT2D eigenvalue weighted by atomic mass is 32.2. The average molecular weight is 315 g/mol. The molecule has 120 valence electrons. The number of hydrogen-bond acceptors (Lipinski definition) is 5. The van der Waals surface area contributed by atoms with Gasteiger partial charge in [-0.2, -0.15) is 5.10 Å². The van der Waals surface area contributed by atoms with Crippen LogP contribution in [-0.4, -0.2) is 48.0 Å². The lowest BCUT2D eigenvalue weighted by Gasteiger charge is -2.28. The van der Waals surface area contributed by atoms with Crippen molar-refractivity contribution in [2.24, 2.45) is 5.73 Å². The van der Waals surface area contributed by atoms with Gasteiger partial charge in [0.1, 0.15) is 0 Å². The van der Waals surface area contributed by atoms with E-state index in [9.17, 15) is 8.42 Å². The molecule has 0 unspecified atom stereocenters. The molecule has 1 aromatic heterocycles. The maximum Gasteiger partial charge on any atom is 0.209 e. The second-order valence-corrected chi connectivity index (χ2v) is 8.33. The topological polar surface area (TPSA) is 93.2 Å². The van der Waals surface area contributed by atoms with Crippen LogP contribution in [0, 0.1) is 0 Å². The van der Waals surface area contributed by atoms with Gasteiger partial charge in [-0.05, 0) is 26.3 Å².